The summed E-state index contributed by atoms with van der Waals surface area (Å²) in [6.45, 7) is 7.46. The smallest absolute Gasteiger partial charge is 0.221 e. The fraction of sp³-hybridized carbons (Fsp3) is 0.304. The highest BCUT2D eigenvalue weighted by atomic mass is 16.5. The van der Waals surface area contributed by atoms with Crippen molar-refractivity contribution in [2.45, 2.75) is 20.8 Å². The number of methoxy groups -OCH3 is 1. The second-order valence-corrected chi connectivity index (χ2v) is 6.32. The zero-order valence-corrected chi connectivity index (χ0v) is 17.8. The third-order valence-corrected chi connectivity index (χ3v) is 4.34. The fourth-order valence-corrected chi connectivity index (χ4v) is 3.10. The number of nitrogen functional groups attached to an aromatic ring is 1. The topological polar surface area (TPSA) is 88.7 Å². The first-order chi connectivity index (χ1) is 14.6. The Kier molecular flexibility index (Phi) is 6.95. The monoisotopic (exact) mass is 409 g/mol. The van der Waals surface area contributed by atoms with Crippen LogP contribution in [0.2, 0.25) is 0 Å². The highest BCUT2D eigenvalue weighted by molar-refractivity contribution is 5.74. The molecule has 1 aromatic heterocycles. The van der Waals surface area contributed by atoms with Crippen LogP contribution < -0.4 is 24.7 Å². The van der Waals surface area contributed by atoms with Crippen molar-refractivity contribution in [3.8, 4) is 45.5 Å². The van der Waals surface area contributed by atoms with E-state index >= 15 is 0 Å². The Labute approximate surface area is 176 Å². The van der Waals surface area contributed by atoms with Gasteiger partial charge in [0.05, 0.1) is 38.3 Å². The largest absolute Gasteiger partial charge is 0.494 e. The number of hydrogen-bond acceptors (Lipinski definition) is 7. The van der Waals surface area contributed by atoms with E-state index in [-0.39, 0.29) is 5.95 Å². The van der Waals surface area contributed by atoms with E-state index in [2.05, 4.69) is 9.97 Å². The van der Waals surface area contributed by atoms with Crippen molar-refractivity contribution < 1.29 is 18.9 Å². The number of ether oxygens (including phenoxy) is 4. The van der Waals surface area contributed by atoms with Crippen LogP contribution in [0.25, 0.3) is 22.5 Å². The molecule has 0 amide bonds. The van der Waals surface area contributed by atoms with Crippen LogP contribution in [-0.4, -0.2) is 36.9 Å². The molecule has 0 aliphatic carbocycles. The van der Waals surface area contributed by atoms with Crippen molar-refractivity contribution in [3.63, 3.8) is 0 Å². The van der Waals surface area contributed by atoms with Gasteiger partial charge in [-0.1, -0.05) is 0 Å². The van der Waals surface area contributed by atoms with Crippen LogP contribution in [0, 0.1) is 0 Å². The molecule has 0 saturated carbocycles. The molecule has 158 valence electrons. The van der Waals surface area contributed by atoms with Crippen molar-refractivity contribution in [2.24, 2.45) is 0 Å². The Hall–Kier alpha value is -3.48. The Morgan fingerprint density at radius 3 is 2.13 bits per heavy atom. The summed E-state index contributed by atoms with van der Waals surface area (Å²) >= 11 is 0. The predicted molar refractivity (Wildman–Crippen MR) is 117 cm³/mol. The first kappa shape index (κ1) is 21.2. The maximum Gasteiger partial charge on any atom is 0.221 e. The van der Waals surface area contributed by atoms with E-state index in [1.807, 2.05) is 63.2 Å². The highest BCUT2D eigenvalue weighted by Gasteiger charge is 2.14. The molecule has 7 nitrogen and oxygen atoms in total. The van der Waals surface area contributed by atoms with Crippen molar-refractivity contribution in [2.75, 3.05) is 32.7 Å². The van der Waals surface area contributed by atoms with E-state index < -0.39 is 0 Å². The molecule has 1 heterocycles. The fourth-order valence-electron chi connectivity index (χ4n) is 3.10. The summed E-state index contributed by atoms with van der Waals surface area (Å²) in [5.41, 5.74) is 9.04. The van der Waals surface area contributed by atoms with E-state index in [0.717, 1.165) is 16.9 Å². The zero-order valence-electron chi connectivity index (χ0n) is 17.8. The molecule has 0 spiro atoms. The van der Waals surface area contributed by atoms with Crippen LogP contribution in [0.1, 0.15) is 20.8 Å². The van der Waals surface area contributed by atoms with E-state index in [1.54, 1.807) is 7.11 Å². The highest BCUT2D eigenvalue weighted by Crippen LogP contribution is 2.36. The summed E-state index contributed by atoms with van der Waals surface area (Å²) in [6.07, 6.45) is 0. The van der Waals surface area contributed by atoms with E-state index in [1.165, 1.54) is 0 Å². The molecule has 0 radical (unpaired) electrons. The van der Waals surface area contributed by atoms with Crippen LogP contribution in [-0.2, 0) is 0 Å². The number of nitrogens with zero attached hydrogens (tertiary/aromatic N) is 2. The summed E-state index contributed by atoms with van der Waals surface area (Å²) in [5, 5.41) is 0. The van der Waals surface area contributed by atoms with Gasteiger partial charge >= 0.3 is 0 Å². The van der Waals surface area contributed by atoms with Crippen LogP contribution in [0.5, 0.6) is 23.0 Å². The maximum atomic E-state index is 6.04. The predicted octanol–water partition coefficient (Wildman–Crippen LogP) is 4.60. The molecule has 2 N–H and O–H groups in total. The lowest BCUT2D eigenvalue weighted by atomic mass is 10.1. The lowest BCUT2D eigenvalue weighted by Crippen LogP contribution is -2.02. The minimum absolute atomic E-state index is 0.173. The summed E-state index contributed by atoms with van der Waals surface area (Å²) in [5.74, 6) is 2.90. The Balaban J connectivity index is 2.06. The van der Waals surface area contributed by atoms with E-state index in [9.17, 15) is 0 Å². The molecule has 2 aromatic carbocycles. The molecular weight excluding hydrogens is 382 g/mol. The van der Waals surface area contributed by atoms with Crippen molar-refractivity contribution >= 4 is 5.95 Å². The second kappa shape index (κ2) is 9.82. The van der Waals surface area contributed by atoms with Gasteiger partial charge in [-0.2, -0.15) is 0 Å². The van der Waals surface area contributed by atoms with E-state index in [4.69, 9.17) is 24.7 Å². The van der Waals surface area contributed by atoms with Gasteiger partial charge in [-0.25, -0.2) is 9.97 Å². The van der Waals surface area contributed by atoms with Crippen molar-refractivity contribution in [3.05, 3.63) is 42.5 Å². The second-order valence-electron chi connectivity index (χ2n) is 6.32. The minimum atomic E-state index is 0.173. The third kappa shape index (κ3) is 4.74. The van der Waals surface area contributed by atoms with Gasteiger partial charge in [0.1, 0.15) is 11.5 Å². The maximum absolute atomic E-state index is 6.04. The van der Waals surface area contributed by atoms with Gasteiger partial charge in [-0.15, -0.1) is 0 Å². The molecule has 0 aliphatic rings. The van der Waals surface area contributed by atoms with Crippen LogP contribution in [0.4, 0.5) is 5.95 Å². The lowest BCUT2D eigenvalue weighted by Gasteiger charge is -2.14. The number of nitrogens with two attached hydrogens (primary N) is 1. The van der Waals surface area contributed by atoms with Crippen LogP contribution in [0.15, 0.2) is 42.5 Å². The van der Waals surface area contributed by atoms with Gasteiger partial charge in [0, 0.05) is 17.2 Å². The molecule has 0 atom stereocenters. The summed E-state index contributed by atoms with van der Waals surface area (Å²) < 4.78 is 22.5. The zero-order chi connectivity index (χ0) is 21.5. The Morgan fingerprint density at radius 2 is 1.43 bits per heavy atom. The average molecular weight is 409 g/mol. The molecule has 7 heteroatoms. The molecule has 0 fully saturated rings. The number of aromatic nitrogens is 2. The molecule has 0 aliphatic heterocycles. The Bertz CT molecular complexity index is 1010. The first-order valence-electron chi connectivity index (χ1n) is 9.95. The SMILES string of the molecule is CCOc1ccc(-c2cc(-c3ccc(OCC)c(OC)c3)nc(N)n2)c(OCC)c1. The van der Waals surface area contributed by atoms with Gasteiger partial charge in [-0.05, 0) is 57.2 Å². The standard InChI is InChI=1S/C23H27N3O4/c1-5-28-16-9-10-17(21(13-16)30-7-3)19-14-18(25-23(24)26-19)15-8-11-20(29-6-2)22(12-15)27-4/h8-14H,5-7H2,1-4H3,(H2,24,25,26). The summed E-state index contributed by atoms with van der Waals surface area (Å²) in [7, 11) is 1.61. The Morgan fingerprint density at radius 1 is 0.733 bits per heavy atom. The number of hydrogen-bond donors (Lipinski definition) is 1. The molecular formula is C23H27N3O4. The molecule has 3 rings (SSSR count). The van der Waals surface area contributed by atoms with Gasteiger partial charge in [0.2, 0.25) is 5.95 Å². The minimum Gasteiger partial charge on any atom is -0.494 e. The average Bonchev–Trinajstić information content (AvgIpc) is 2.74. The molecule has 0 saturated heterocycles. The number of rotatable bonds is 9. The van der Waals surface area contributed by atoms with Gasteiger partial charge in [0.15, 0.2) is 11.5 Å². The summed E-state index contributed by atoms with van der Waals surface area (Å²) in [6, 6.07) is 13.2. The van der Waals surface area contributed by atoms with Crippen molar-refractivity contribution in [1.29, 1.82) is 0 Å². The quantitative estimate of drug-likeness (QED) is 0.552. The van der Waals surface area contributed by atoms with Gasteiger partial charge in [-0.3, -0.25) is 0 Å². The summed E-state index contributed by atoms with van der Waals surface area (Å²) in [4.78, 5) is 8.84. The van der Waals surface area contributed by atoms with Crippen LogP contribution in [0.3, 0.4) is 0 Å². The number of benzene rings is 2. The van der Waals surface area contributed by atoms with Crippen LogP contribution >= 0.6 is 0 Å². The van der Waals surface area contributed by atoms with Gasteiger partial charge < -0.3 is 24.7 Å². The normalized spacial score (nSPS) is 10.5. The van der Waals surface area contributed by atoms with Gasteiger partial charge in [0.25, 0.3) is 0 Å². The lowest BCUT2D eigenvalue weighted by molar-refractivity contribution is 0.311. The van der Waals surface area contributed by atoms with E-state index in [0.29, 0.717) is 48.5 Å². The third-order valence-electron chi connectivity index (χ3n) is 4.34. The molecule has 30 heavy (non-hydrogen) atoms. The molecule has 3 aromatic rings. The van der Waals surface area contributed by atoms with Crippen molar-refractivity contribution in [1.82, 2.24) is 9.97 Å². The molecule has 0 bridgehead atoms. The molecule has 0 unspecified atom stereocenters. The number of anilines is 1. The first-order valence-corrected chi connectivity index (χ1v) is 9.95.